The van der Waals surface area contributed by atoms with E-state index in [9.17, 15) is 4.79 Å². The van der Waals surface area contributed by atoms with Gasteiger partial charge in [-0.1, -0.05) is 0 Å². The number of aromatic amines is 2. The summed E-state index contributed by atoms with van der Waals surface area (Å²) in [7, 11) is 1.97. The van der Waals surface area contributed by atoms with Crippen molar-refractivity contribution in [1.29, 1.82) is 0 Å². The Morgan fingerprint density at radius 3 is 2.61 bits per heavy atom. The van der Waals surface area contributed by atoms with Gasteiger partial charge in [0.1, 0.15) is 22.6 Å². The van der Waals surface area contributed by atoms with Crippen LogP contribution in [0, 0.1) is 6.92 Å². The van der Waals surface area contributed by atoms with Crippen LogP contribution >= 0.6 is 11.3 Å². The van der Waals surface area contributed by atoms with Crippen LogP contribution in [0.25, 0.3) is 55.5 Å². The third-order valence-corrected chi connectivity index (χ3v) is 6.89. The molecule has 0 atom stereocenters. The van der Waals surface area contributed by atoms with Crippen LogP contribution < -0.4 is 0 Å². The van der Waals surface area contributed by atoms with E-state index in [-0.39, 0.29) is 5.78 Å². The quantitative estimate of drug-likeness (QED) is 0.378. The topological polar surface area (TPSA) is 118 Å². The Hall–Kier alpha value is -4.18. The molecule has 2 N–H and O–H groups in total. The number of thiophene rings is 1. The monoisotopic (exact) mass is 454 g/mol. The summed E-state index contributed by atoms with van der Waals surface area (Å²) in [6.45, 7) is 3.52. The van der Waals surface area contributed by atoms with Crippen LogP contribution in [0.1, 0.15) is 22.4 Å². The van der Waals surface area contributed by atoms with Crippen molar-refractivity contribution < 1.29 is 4.79 Å². The van der Waals surface area contributed by atoms with Crippen molar-refractivity contribution >= 4 is 39.2 Å². The van der Waals surface area contributed by atoms with Crippen LogP contribution in [0.5, 0.6) is 0 Å². The molecule has 0 bridgehead atoms. The molecular formula is C23H18N8OS. The Kier molecular flexibility index (Phi) is 4.24. The fourth-order valence-electron chi connectivity index (χ4n) is 3.83. The largest absolute Gasteiger partial charge is 0.336 e. The van der Waals surface area contributed by atoms with Crippen LogP contribution in [-0.2, 0) is 7.05 Å². The molecule has 6 heterocycles. The van der Waals surface area contributed by atoms with Crippen LogP contribution in [0.2, 0.25) is 0 Å². The van der Waals surface area contributed by atoms with E-state index in [0.29, 0.717) is 16.4 Å². The van der Waals surface area contributed by atoms with Gasteiger partial charge in [-0.25, -0.2) is 15.0 Å². The number of pyridine rings is 2. The Morgan fingerprint density at radius 1 is 1.00 bits per heavy atom. The standard InChI is InChI=1S/C23H18N8OS/c1-11(32)17-6-7-18(33-17)21-19-14(8-9-24-21)27-23(28-19)22-20-15(29-30-22)5-4-13(26-20)16-10-25-12(2)31(16)3/h4-10H,1-3H3,(H,27,28)(H,29,30). The number of hydrogen-bond acceptors (Lipinski definition) is 7. The molecule has 6 aromatic rings. The molecule has 162 valence electrons. The normalized spacial score (nSPS) is 11.6. The average molecular weight is 455 g/mol. The number of rotatable bonds is 4. The van der Waals surface area contributed by atoms with Gasteiger partial charge in [0.25, 0.3) is 0 Å². The van der Waals surface area contributed by atoms with Gasteiger partial charge >= 0.3 is 0 Å². The molecule has 0 radical (unpaired) electrons. The van der Waals surface area contributed by atoms with E-state index in [4.69, 9.17) is 9.97 Å². The summed E-state index contributed by atoms with van der Waals surface area (Å²) in [5.41, 5.74) is 6.18. The number of carbonyl (C=O) groups is 1. The fraction of sp³-hybridized carbons (Fsp3) is 0.130. The molecule has 0 aromatic carbocycles. The van der Waals surface area contributed by atoms with Crippen molar-refractivity contribution in [2.45, 2.75) is 13.8 Å². The Morgan fingerprint density at radius 2 is 1.85 bits per heavy atom. The van der Waals surface area contributed by atoms with Gasteiger partial charge in [-0.2, -0.15) is 5.10 Å². The van der Waals surface area contributed by atoms with E-state index >= 15 is 0 Å². The third kappa shape index (κ3) is 3.06. The molecule has 0 saturated heterocycles. The number of aromatic nitrogens is 8. The van der Waals surface area contributed by atoms with E-state index in [0.717, 1.165) is 49.9 Å². The molecular weight excluding hydrogens is 436 g/mol. The lowest BCUT2D eigenvalue weighted by Gasteiger charge is -2.03. The molecule has 33 heavy (non-hydrogen) atoms. The second-order valence-corrected chi connectivity index (χ2v) is 8.86. The first-order chi connectivity index (χ1) is 16.0. The minimum atomic E-state index is 0.0367. The highest BCUT2D eigenvalue weighted by Gasteiger charge is 2.19. The van der Waals surface area contributed by atoms with Gasteiger partial charge in [0.05, 0.1) is 38.4 Å². The summed E-state index contributed by atoms with van der Waals surface area (Å²) in [5, 5.41) is 7.53. The molecule has 0 unspecified atom stereocenters. The van der Waals surface area contributed by atoms with E-state index in [1.54, 1.807) is 13.1 Å². The number of nitrogens with zero attached hydrogens (tertiary/aromatic N) is 6. The van der Waals surface area contributed by atoms with Crippen molar-refractivity contribution in [1.82, 2.24) is 39.7 Å². The molecule has 0 saturated carbocycles. The molecule has 10 heteroatoms. The number of nitrogens with one attached hydrogen (secondary N) is 2. The summed E-state index contributed by atoms with van der Waals surface area (Å²) >= 11 is 1.41. The first kappa shape index (κ1) is 19.5. The van der Waals surface area contributed by atoms with Crippen molar-refractivity contribution in [2.75, 3.05) is 0 Å². The molecule has 0 aliphatic carbocycles. The first-order valence-corrected chi connectivity index (χ1v) is 11.1. The fourth-order valence-corrected chi connectivity index (χ4v) is 4.73. The number of carbonyl (C=O) groups excluding carboxylic acids is 1. The van der Waals surface area contributed by atoms with Crippen molar-refractivity contribution in [3.63, 3.8) is 0 Å². The first-order valence-electron chi connectivity index (χ1n) is 10.3. The Balaban J connectivity index is 1.49. The number of H-pyrrole nitrogens is 2. The van der Waals surface area contributed by atoms with E-state index in [1.807, 2.05) is 55.1 Å². The predicted molar refractivity (Wildman–Crippen MR) is 127 cm³/mol. The Labute approximate surface area is 191 Å². The summed E-state index contributed by atoms with van der Waals surface area (Å²) in [5.74, 6) is 1.55. The highest BCUT2D eigenvalue weighted by molar-refractivity contribution is 7.17. The third-order valence-electron chi connectivity index (χ3n) is 5.70. The summed E-state index contributed by atoms with van der Waals surface area (Å²) in [6, 6.07) is 9.52. The molecule has 0 aliphatic rings. The van der Waals surface area contributed by atoms with Gasteiger partial charge in [0, 0.05) is 13.2 Å². The smallest absolute Gasteiger partial charge is 0.169 e. The number of fused-ring (bicyclic) bond motifs is 2. The van der Waals surface area contributed by atoms with Crippen LogP contribution in [-0.4, -0.2) is 45.5 Å². The number of hydrogen-bond donors (Lipinski definition) is 2. The molecule has 0 amide bonds. The highest BCUT2D eigenvalue weighted by atomic mass is 32.1. The molecule has 0 fully saturated rings. The predicted octanol–water partition coefficient (Wildman–Crippen LogP) is 4.54. The van der Waals surface area contributed by atoms with Gasteiger partial charge < -0.3 is 9.55 Å². The summed E-state index contributed by atoms with van der Waals surface area (Å²) < 4.78 is 2.00. The van der Waals surface area contributed by atoms with E-state index < -0.39 is 0 Å². The second-order valence-electron chi connectivity index (χ2n) is 7.78. The van der Waals surface area contributed by atoms with Gasteiger partial charge in [-0.3, -0.25) is 14.9 Å². The van der Waals surface area contributed by atoms with Crippen LogP contribution in [0.3, 0.4) is 0 Å². The van der Waals surface area contributed by atoms with Crippen LogP contribution in [0.4, 0.5) is 0 Å². The van der Waals surface area contributed by atoms with Gasteiger partial charge in [-0.05, 0) is 44.2 Å². The van der Waals surface area contributed by atoms with E-state index in [2.05, 4.69) is 25.1 Å². The summed E-state index contributed by atoms with van der Waals surface area (Å²) in [4.78, 5) is 35.3. The highest BCUT2D eigenvalue weighted by Crippen LogP contribution is 2.33. The number of ketones is 1. The lowest BCUT2D eigenvalue weighted by atomic mass is 10.2. The molecule has 6 aromatic heterocycles. The van der Waals surface area contributed by atoms with Gasteiger partial charge in [0.2, 0.25) is 0 Å². The lowest BCUT2D eigenvalue weighted by molar-refractivity contribution is 0.102. The van der Waals surface area contributed by atoms with E-state index in [1.165, 1.54) is 11.3 Å². The van der Waals surface area contributed by atoms with Crippen molar-refractivity contribution in [3.05, 3.63) is 53.4 Å². The average Bonchev–Trinajstić information content (AvgIpc) is 3.59. The van der Waals surface area contributed by atoms with Crippen molar-refractivity contribution in [3.8, 4) is 33.5 Å². The zero-order chi connectivity index (χ0) is 22.7. The molecule has 6 rings (SSSR count). The maximum atomic E-state index is 11.7. The summed E-state index contributed by atoms with van der Waals surface area (Å²) in [6.07, 6.45) is 3.55. The molecule has 0 spiro atoms. The SMILES string of the molecule is CC(=O)c1ccc(-c2nccc3[nH]c(-c4n[nH]c5ccc(-c6cnc(C)n6C)nc45)nc23)s1. The van der Waals surface area contributed by atoms with Gasteiger partial charge in [0.15, 0.2) is 17.3 Å². The number of imidazole rings is 2. The van der Waals surface area contributed by atoms with Crippen LogP contribution in [0.15, 0.2) is 42.7 Å². The Bertz CT molecular complexity index is 1690. The maximum absolute atomic E-state index is 11.7. The minimum Gasteiger partial charge on any atom is -0.336 e. The zero-order valence-electron chi connectivity index (χ0n) is 18.0. The molecule has 9 nitrogen and oxygen atoms in total. The minimum absolute atomic E-state index is 0.0367. The second kappa shape index (κ2) is 7.17. The number of Topliss-reactive ketones (excluding diaryl/α,β-unsaturated/α-hetero) is 1. The lowest BCUT2D eigenvalue weighted by Crippen LogP contribution is -1.96. The maximum Gasteiger partial charge on any atom is 0.169 e. The van der Waals surface area contributed by atoms with Crippen molar-refractivity contribution in [2.24, 2.45) is 7.05 Å². The number of aryl methyl sites for hydroxylation is 1. The van der Waals surface area contributed by atoms with Gasteiger partial charge in [-0.15, -0.1) is 11.3 Å². The zero-order valence-corrected chi connectivity index (χ0v) is 18.9. The molecule has 0 aliphatic heterocycles.